The van der Waals surface area contributed by atoms with E-state index in [1.165, 1.54) is 0 Å². The number of methoxy groups -OCH3 is 2. The van der Waals surface area contributed by atoms with Crippen LogP contribution in [0, 0.1) is 0 Å². The van der Waals surface area contributed by atoms with Crippen LogP contribution in [0.1, 0.15) is 30.1 Å². The molecule has 1 heterocycles. The van der Waals surface area contributed by atoms with Crippen LogP contribution < -0.4 is 24.8 Å². The number of nitrogens with zero attached hydrogens (tertiary/aromatic N) is 1. The molecule has 0 aliphatic heterocycles. The molecule has 2 N–H and O–H groups in total. The highest BCUT2D eigenvalue weighted by Crippen LogP contribution is 2.33. The summed E-state index contributed by atoms with van der Waals surface area (Å²) in [7, 11) is 3.16. The minimum atomic E-state index is -0.327. The van der Waals surface area contributed by atoms with Crippen molar-refractivity contribution in [3.8, 4) is 28.7 Å². The summed E-state index contributed by atoms with van der Waals surface area (Å²) < 4.78 is 22.2. The van der Waals surface area contributed by atoms with Gasteiger partial charge in [-0.05, 0) is 73.2 Å². The van der Waals surface area contributed by atoms with Gasteiger partial charge in [-0.2, -0.15) is 0 Å². The van der Waals surface area contributed by atoms with E-state index >= 15 is 0 Å². The molecule has 0 atom stereocenters. The average molecular weight is 506 g/mol. The summed E-state index contributed by atoms with van der Waals surface area (Å²) in [5.41, 5.74) is 3.12. The number of benzene rings is 3. The molecule has 0 fully saturated rings. The van der Waals surface area contributed by atoms with Crippen LogP contribution in [-0.2, 0) is 0 Å². The van der Waals surface area contributed by atoms with E-state index in [2.05, 4.69) is 22.5 Å². The largest absolute Gasteiger partial charge is 0.494 e. The predicted octanol–water partition coefficient (Wildman–Crippen LogP) is 5.82. The zero-order valence-electron chi connectivity index (χ0n) is 20.3. The highest BCUT2D eigenvalue weighted by atomic mass is 32.1. The number of hydrogen-bond donors (Lipinski definition) is 2. The Kier molecular flexibility index (Phi) is 8.02. The number of carbonyl (C=O) groups is 1. The highest BCUT2D eigenvalue weighted by molar-refractivity contribution is 7.80. The zero-order chi connectivity index (χ0) is 25.5. The molecule has 0 aliphatic carbocycles. The molecule has 0 saturated heterocycles. The average Bonchev–Trinajstić information content (AvgIpc) is 3.32. The van der Waals surface area contributed by atoms with Crippen molar-refractivity contribution >= 4 is 40.0 Å². The number of ether oxygens (including phenoxy) is 3. The second-order valence-electron chi connectivity index (χ2n) is 7.91. The number of unbranched alkanes of at least 4 members (excludes halogenated alkanes) is 1. The van der Waals surface area contributed by atoms with Crippen LogP contribution in [0.15, 0.2) is 65.1 Å². The van der Waals surface area contributed by atoms with Crippen molar-refractivity contribution in [2.75, 3.05) is 26.1 Å². The van der Waals surface area contributed by atoms with Crippen molar-refractivity contribution in [1.82, 2.24) is 10.3 Å². The molecule has 36 heavy (non-hydrogen) atoms. The van der Waals surface area contributed by atoms with Crippen LogP contribution in [0.5, 0.6) is 17.2 Å². The normalized spacial score (nSPS) is 10.6. The Bertz CT molecular complexity index is 1390. The summed E-state index contributed by atoms with van der Waals surface area (Å²) in [4.78, 5) is 17.2. The topological polar surface area (TPSA) is 94.9 Å². The fraction of sp³-hybridized carbons (Fsp3) is 0.222. The van der Waals surface area contributed by atoms with Crippen LogP contribution in [-0.4, -0.2) is 36.8 Å². The number of amides is 1. The molecule has 4 aromatic rings. The lowest BCUT2D eigenvalue weighted by molar-refractivity contribution is 0.0977. The lowest BCUT2D eigenvalue weighted by Crippen LogP contribution is -2.34. The van der Waals surface area contributed by atoms with Crippen LogP contribution in [0.4, 0.5) is 5.69 Å². The summed E-state index contributed by atoms with van der Waals surface area (Å²) in [5.74, 6) is 1.97. The number of thiocarbonyl (C=S) groups is 1. The Morgan fingerprint density at radius 3 is 2.64 bits per heavy atom. The minimum Gasteiger partial charge on any atom is -0.494 e. The number of nitrogens with one attached hydrogen (secondary N) is 2. The molecule has 1 amide bonds. The third-order valence-electron chi connectivity index (χ3n) is 5.37. The number of oxazole rings is 1. The van der Waals surface area contributed by atoms with Crippen LogP contribution in [0.3, 0.4) is 0 Å². The predicted molar refractivity (Wildman–Crippen MR) is 143 cm³/mol. The Morgan fingerprint density at radius 2 is 1.86 bits per heavy atom. The fourth-order valence-electron chi connectivity index (χ4n) is 3.50. The number of anilines is 1. The van der Waals surface area contributed by atoms with Gasteiger partial charge < -0.3 is 23.9 Å². The summed E-state index contributed by atoms with van der Waals surface area (Å²) in [6.45, 7) is 2.71. The first-order valence-corrected chi connectivity index (χ1v) is 11.9. The van der Waals surface area contributed by atoms with Crippen molar-refractivity contribution in [3.05, 3.63) is 66.2 Å². The first-order chi connectivity index (χ1) is 17.5. The number of carbonyl (C=O) groups excluding carboxylic acids is 1. The van der Waals surface area contributed by atoms with Gasteiger partial charge in [0.25, 0.3) is 5.91 Å². The summed E-state index contributed by atoms with van der Waals surface area (Å²) in [6.07, 6.45) is 1.99. The molecule has 0 radical (unpaired) electrons. The molecular formula is C27H27N3O5S. The van der Waals surface area contributed by atoms with E-state index in [-0.39, 0.29) is 11.0 Å². The van der Waals surface area contributed by atoms with E-state index in [0.717, 1.165) is 18.4 Å². The van der Waals surface area contributed by atoms with Gasteiger partial charge in [0.1, 0.15) is 11.3 Å². The van der Waals surface area contributed by atoms with E-state index < -0.39 is 0 Å². The van der Waals surface area contributed by atoms with Crippen molar-refractivity contribution < 1.29 is 23.4 Å². The van der Waals surface area contributed by atoms with Crippen molar-refractivity contribution in [3.63, 3.8) is 0 Å². The number of aromatic nitrogens is 1. The van der Waals surface area contributed by atoms with Crippen LogP contribution in [0.25, 0.3) is 22.6 Å². The Morgan fingerprint density at radius 1 is 1.03 bits per heavy atom. The summed E-state index contributed by atoms with van der Waals surface area (Å²) >= 11 is 5.34. The molecule has 0 unspecified atom stereocenters. The molecule has 0 spiro atoms. The Balaban J connectivity index is 1.43. The lowest BCUT2D eigenvalue weighted by Gasteiger charge is -2.10. The molecule has 3 aromatic carbocycles. The van der Waals surface area contributed by atoms with Gasteiger partial charge >= 0.3 is 0 Å². The van der Waals surface area contributed by atoms with Crippen LogP contribution in [0.2, 0.25) is 0 Å². The van der Waals surface area contributed by atoms with Crippen molar-refractivity contribution in [2.24, 2.45) is 0 Å². The Labute approximate surface area is 214 Å². The maximum Gasteiger partial charge on any atom is 0.257 e. The van der Waals surface area contributed by atoms with Crippen LogP contribution >= 0.6 is 12.2 Å². The molecule has 9 heteroatoms. The van der Waals surface area contributed by atoms with E-state index in [0.29, 0.717) is 52.1 Å². The SMILES string of the molecule is CCCCOc1cccc(C(=O)NC(=S)Nc2ccc3oc(-c4ccc(OC)c(OC)c4)nc3c2)c1. The van der Waals surface area contributed by atoms with E-state index in [1.54, 1.807) is 62.8 Å². The maximum absolute atomic E-state index is 12.7. The molecule has 8 nitrogen and oxygen atoms in total. The lowest BCUT2D eigenvalue weighted by atomic mass is 10.2. The molecule has 0 bridgehead atoms. The molecule has 0 aliphatic rings. The first kappa shape index (κ1) is 25.0. The second-order valence-corrected chi connectivity index (χ2v) is 8.32. The molecule has 186 valence electrons. The molecule has 4 rings (SSSR count). The number of hydrogen-bond acceptors (Lipinski definition) is 7. The minimum absolute atomic E-state index is 0.167. The van der Waals surface area contributed by atoms with Gasteiger partial charge in [0, 0.05) is 16.8 Å². The Hall–Kier alpha value is -4.11. The van der Waals surface area contributed by atoms with E-state index in [4.69, 9.17) is 30.8 Å². The van der Waals surface area contributed by atoms with Gasteiger partial charge in [0.05, 0.1) is 20.8 Å². The maximum atomic E-state index is 12.7. The number of fused-ring (bicyclic) bond motifs is 1. The second kappa shape index (κ2) is 11.5. The van der Waals surface area contributed by atoms with E-state index in [1.807, 2.05) is 12.1 Å². The fourth-order valence-corrected chi connectivity index (χ4v) is 3.71. The standard InChI is InChI=1S/C27H27N3O5S/c1-4-5-13-34-20-8-6-7-17(14-20)25(31)30-27(36)28-19-10-12-22-21(16-19)29-26(35-22)18-9-11-23(32-2)24(15-18)33-3/h6-12,14-16H,4-5,13H2,1-3H3,(H2,28,30,31,36). The summed E-state index contributed by atoms with van der Waals surface area (Å²) in [6, 6.07) is 17.8. The monoisotopic (exact) mass is 505 g/mol. The van der Waals surface area contributed by atoms with Crippen molar-refractivity contribution in [2.45, 2.75) is 19.8 Å². The molecule has 0 saturated carbocycles. The summed E-state index contributed by atoms with van der Waals surface area (Å²) in [5, 5.41) is 5.89. The number of rotatable bonds is 9. The third kappa shape index (κ3) is 5.92. The third-order valence-corrected chi connectivity index (χ3v) is 5.57. The quantitative estimate of drug-likeness (QED) is 0.217. The van der Waals surface area contributed by atoms with Gasteiger partial charge in [-0.25, -0.2) is 4.98 Å². The molecular weight excluding hydrogens is 478 g/mol. The van der Waals surface area contributed by atoms with Gasteiger partial charge in [-0.15, -0.1) is 0 Å². The first-order valence-electron chi connectivity index (χ1n) is 11.5. The molecule has 1 aromatic heterocycles. The van der Waals surface area contributed by atoms with Gasteiger partial charge in [-0.3, -0.25) is 10.1 Å². The van der Waals surface area contributed by atoms with Crippen molar-refractivity contribution in [1.29, 1.82) is 0 Å². The smallest absolute Gasteiger partial charge is 0.257 e. The van der Waals surface area contributed by atoms with E-state index in [9.17, 15) is 4.79 Å². The highest BCUT2D eigenvalue weighted by Gasteiger charge is 2.14. The van der Waals surface area contributed by atoms with Gasteiger partial charge in [-0.1, -0.05) is 19.4 Å². The van der Waals surface area contributed by atoms with Gasteiger partial charge in [0.2, 0.25) is 5.89 Å². The van der Waals surface area contributed by atoms with Gasteiger partial charge in [0.15, 0.2) is 22.2 Å². The zero-order valence-corrected chi connectivity index (χ0v) is 21.1.